The number of likely N-dealkylation sites (N-methyl/N-ethyl adjacent to an activating group) is 1. The molecule has 1 aliphatic carbocycles. The standard InChI is InChI=1S/C16H25N3O2/c1-19(14-7-2-3-8-15(14)20)10-9-16(21)18-13-6-4-5-12(17)11-13/h4-6,11,14-15,20H,2-3,7-10,17H2,1H3,(H,18,21). The Labute approximate surface area is 126 Å². The highest BCUT2D eigenvalue weighted by Gasteiger charge is 2.26. The van der Waals surface area contributed by atoms with E-state index >= 15 is 0 Å². The Morgan fingerprint density at radius 3 is 2.90 bits per heavy atom. The number of hydrogen-bond donors (Lipinski definition) is 3. The molecule has 1 aromatic rings. The van der Waals surface area contributed by atoms with Crippen LogP contribution >= 0.6 is 0 Å². The van der Waals surface area contributed by atoms with Crippen molar-refractivity contribution in [1.82, 2.24) is 4.90 Å². The second-order valence-electron chi connectivity index (χ2n) is 5.82. The Morgan fingerprint density at radius 1 is 1.43 bits per heavy atom. The quantitative estimate of drug-likeness (QED) is 0.723. The maximum absolute atomic E-state index is 12.0. The first-order valence-corrected chi connectivity index (χ1v) is 7.60. The fourth-order valence-corrected chi connectivity index (χ4v) is 2.89. The van der Waals surface area contributed by atoms with Gasteiger partial charge in [-0.3, -0.25) is 4.79 Å². The number of rotatable bonds is 5. The first-order valence-electron chi connectivity index (χ1n) is 7.60. The van der Waals surface area contributed by atoms with Crippen molar-refractivity contribution in [3.05, 3.63) is 24.3 Å². The van der Waals surface area contributed by atoms with Crippen molar-refractivity contribution in [1.29, 1.82) is 0 Å². The molecular weight excluding hydrogens is 266 g/mol. The predicted molar refractivity (Wildman–Crippen MR) is 85.0 cm³/mol. The molecule has 21 heavy (non-hydrogen) atoms. The van der Waals surface area contributed by atoms with E-state index in [1.165, 1.54) is 0 Å². The number of nitrogens with one attached hydrogen (secondary N) is 1. The van der Waals surface area contributed by atoms with Gasteiger partial charge in [0, 0.05) is 30.4 Å². The van der Waals surface area contributed by atoms with Gasteiger partial charge in [-0.15, -0.1) is 0 Å². The molecule has 0 spiro atoms. The summed E-state index contributed by atoms with van der Waals surface area (Å²) in [5.74, 6) is -0.0299. The second-order valence-corrected chi connectivity index (χ2v) is 5.82. The Bertz CT molecular complexity index is 478. The third kappa shape index (κ3) is 4.72. The van der Waals surface area contributed by atoms with Gasteiger partial charge in [-0.25, -0.2) is 0 Å². The maximum atomic E-state index is 12.0. The number of nitrogens with two attached hydrogens (primary N) is 1. The first-order chi connectivity index (χ1) is 10.1. The molecule has 5 nitrogen and oxygen atoms in total. The third-order valence-electron chi connectivity index (χ3n) is 4.12. The summed E-state index contributed by atoms with van der Waals surface area (Å²) in [5, 5.41) is 12.9. The minimum absolute atomic E-state index is 0.0299. The number of nitrogens with zero attached hydrogens (tertiary/aromatic N) is 1. The molecule has 1 aliphatic rings. The number of amides is 1. The number of nitrogen functional groups attached to an aromatic ring is 1. The number of carbonyl (C=O) groups excluding carboxylic acids is 1. The molecule has 5 heteroatoms. The van der Waals surface area contributed by atoms with E-state index < -0.39 is 0 Å². The first kappa shape index (κ1) is 15.8. The number of anilines is 2. The lowest BCUT2D eigenvalue weighted by Gasteiger charge is -2.35. The summed E-state index contributed by atoms with van der Waals surface area (Å²) in [5.41, 5.74) is 7.04. The van der Waals surface area contributed by atoms with Crippen LogP contribution in [0.1, 0.15) is 32.1 Å². The van der Waals surface area contributed by atoms with Gasteiger partial charge in [-0.1, -0.05) is 18.9 Å². The molecule has 0 saturated heterocycles. The summed E-state index contributed by atoms with van der Waals surface area (Å²) in [6.45, 7) is 0.649. The van der Waals surface area contributed by atoms with Crippen LogP contribution in [0.5, 0.6) is 0 Å². The van der Waals surface area contributed by atoms with Crippen LogP contribution in [0.25, 0.3) is 0 Å². The molecule has 2 unspecified atom stereocenters. The average Bonchev–Trinajstić information content (AvgIpc) is 2.45. The van der Waals surface area contributed by atoms with Crippen molar-refractivity contribution in [2.75, 3.05) is 24.6 Å². The normalized spacial score (nSPS) is 22.2. The zero-order valence-electron chi connectivity index (χ0n) is 12.6. The highest BCUT2D eigenvalue weighted by Crippen LogP contribution is 2.22. The van der Waals surface area contributed by atoms with Crippen molar-refractivity contribution >= 4 is 17.3 Å². The number of carbonyl (C=O) groups is 1. The highest BCUT2D eigenvalue weighted by atomic mass is 16.3. The van der Waals surface area contributed by atoms with Crippen LogP contribution in [-0.4, -0.2) is 41.7 Å². The van der Waals surface area contributed by atoms with Gasteiger partial charge in [-0.05, 0) is 38.1 Å². The van der Waals surface area contributed by atoms with Gasteiger partial charge >= 0.3 is 0 Å². The lowest BCUT2D eigenvalue weighted by Crippen LogP contribution is -2.44. The molecule has 0 aromatic heterocycles. The summed E-state index contributed by atoms with van der Waals surface area (Å²) in [6.07, 6.45) is 4.27. The Kier molecular flexibility index (Phi) is 5.59. The van der Waals surface area contributed by atoms with Crippen LogP contribution in [-0.2, 0) is 4.79 Å². The minimum Gasteiger partial charge on any atom is -0.399 e. The Hall–Kier alpha value is -1.59. The van der Waals surface area contributed by atoms with Gasteiger partial charge in [0.25, 0.3) is 0 Å². The zero-order chi connectivity index (χ0) is 15.2. The van der Waals surface area contributed by atoms with Crippen LogP contribution < -0.4 is 11.1 Å². The molecule has 1 fully saturated rings. The van der Waals surface area contributed by atoms with Gasteiger partial charge in [0.2, 0.25) is 5.91 Å². The van der Waals surface area contributed by atoms with E-state index in [1.54, 1.807) is 12.1 Å². The molecule has 2 atom stereocenters. The summed E-state index contributed by atoms with van der Waals surface area (Å²) in [4.78, 5) is 14.1. The predicted octanol–water partition coefficient (Wildman–Crippen LogP) is 1.83. The average molecular weight is 291 g/mol. The van der Waals surface area contributed by atoms with Gasteiger partial charge < -0.3 is 21.1 Å². The monoisotopic (exact) mass is 291 g/mol. The third-order valence-corrected chi connectivity index (χ3v) is 4.12. The van der Waals surface area contributed by atoms with Crippen LogP contribution in [0.4, 0.5) is 11.4 Å². The van der Waals surface area contributed by atoms with Crippen molar-refractivity contribution in [3.63, 3.8) is 0 Å². The van der Waals surface area contributed by atoms with Crippen molar-refractivity contribution < 1.29 is 9.90 Å². The molecule has 2 rings (SSSR count). The molecule has 1 saturated carbocycles. The molecule has 1 amide bonds. The number of aliphatic hydroxyl groups is 1. The summed E-state index contributed by atoms with van der Waals surface area (Å²) in [6, 6.07) is 7.34. The lowest BCUT2D eigenvalue weighted by atomic mass is 9.91. The number of hydrogen-bond acceptors (Lipinski definition) is 4. The van der Waals surface area contributed by atoms with Crippen LogP contribution in [0.15, 0.2) is 24.3 Å². The largest absolute Gasteiger partial charge is 0.399 e. The van der Waals surface area contributed by atoms with E-state index in [0.29, 0.717) is 18.7 Å². The number of aliphatic hydroxyl groups excluding tert-OH is 1. The van der Waals surface area contributed by atoms with E-state index in [9.17, 15) is 9.90 Å². The minimum atomic E-state index is -0.263. The fourth-order valence-electron chi connectivity index (χ4n) is 2.89. The molecule has 4 N–H and O–H groups in total. The van der Waals surface area contributed by atoms with Gasteiger partial charge in [0.05, 0.1) is 6.10 Å². The van der Waals surface area contributed by atoms with E-state index in [-0.39, 0.29) is 18.1 Å². The fraction of sp³-hybridized carbons (Fsp3) is 0.562. The summed E-state index contributed by atoms with van der Waals surface area (Å²) in [7, 11) is 1.98. The van der Waals surface area contributed by atoms with Crippen LogP contribution in [0, 0.1) is 0 Å². The maximum Gasteiger partial charge on any atom is 0.225 e. The molecule has 0 radical (unpaired) electrons. The van der Waals surface area contributed by atoms with E-state index in [0.717, 1.165) is 31.4 Å². The molecule has 116 valence electrons. The molecule has 1 aromatic carbocycles. The Balaban J connectivity index is 1.78. The van der Waals surface area contributed by atoms with Gasteiger partial charge in [0.15, 0.2) is 0 Å². The lowest BCUT2D eigenvalue weighted by molar-refractivity contribution is -0.116. The summed E-state index contributed by atoms with van der Waals surface area (Å²) < 4.78 is 0. The topological polar surface area (TPSA) is 78.6 Å². The molecule has 0 heterocycles. The second kappa shape index (κ2) is 7.43. The van der Waals surface area contributed by atoms with Crippen LogP contribution in [0.3, 0.4) is 0 Å². The highest BCUT2D eigenvalue weighted by molar-refractivity contribution is 5.91. The van der Waals surface area contributed by atoms with Crippen LogP contribution in [0.2, 0.25) is 0 Å². The van der Waals surface area contributed by atoms with Crippen molar-refractivity contribution in [3.8, 4) is 0 Å². The van der Waals surface area contributed by atoms with Crippen molar-refractivity contribution in [2.45, 2.75) is 44.2 Å². The smallest absolute Gasteiger partial charge is 0.225 e. The number of benzene rings is 1. The van der Waals surface area contributed by atoms with Gasteiger partial charge in [0.1, 0.15) is 0 Å². The molecule has 0 aliphatic heterocycles. The van der Waals surface area contributed by atoms with Crippen molar-refractivity contribution in [2.24, 2.45) is 0 Å². The summed E-state index contributed by atoms with van der Waals surface area (Å²) >= 11 is 0. The van der Waals surface area contributed by atoms with Gasteiger partial charge in [-0.2, -0.15) is 0 Å². The molecule has 0 bridgehead atoms. The van der Waals surface area contributed by atoms with E-state index in [2.05, 4.69) is 10.2 Å². The van der Waals surface area contributed by atoms with E-state index in [1.807, 2.05) is 19.2 Å². The zero-order valence-corrected chi connectivity index (χ0v) is 12.6. The molecular formula is C16H25N3O2. The SMILES string of the molecule is CN(CCC(=O)Nc1cccc(N)c1)C1CCCCC1O. The Morgan fingerprint density at radius 2 is 2.19 bits per heavy atom. The van der Waals surface area contributed by atoms with E-state index in [4.69, 9.17) is 5.73 Å².